The van der Waals surface area contributed by atoms with Gasteiger partial charge in [-0.15, -0.1) is 0 Å². The summed E-state index contributed by atoms with van der Waals surface area (Å²) in [7, 11) is 0. The van der Waals surface area contributed by atoms with Gasteiger partial charge in [0.2, 0.25) is 5.91 Å². The minimum Gasteiger partial charge on any atom is -0.508 e. The number of aromatic hydroxyl groups is 1. The Morgan fingerprint density at radius 2 is 1.46 bits per heavy atom. The molecule has 0 aliphatic heterocycles. The number of hydrogen-bond donors (Lipinski definition) is 3. The van der Waals surface area contributed by atoms with E-state index in [1.807, 2.05) is 76.2 Å². The van der Waals surface area contributed by atoms with Crippen molar-refractivity contribution in [2.45, 2.75) is 78.6 Å². The summed E-state index contributed by atoms with van der Waals surface area (Å²) < 4.78 is 5.47. The molecule has 0 saturated heterocycles. The summed E-state index contributed by atoms with van der Waals surface area (Å²) in [5, 5.41) is 15.5. The van der Waals surface area contributed by atoms with Gasteiger partial charge in [-0.25, -0.2) is 4.79 Å². The topological polar surface area (TPSA) is 108 Å². The highest BCUT2D eigenvalue weighted by molar-refractivity contribution is 6.00. The van der Waals surface area contributed by atoms with Crippen LogP contribution in [0.4, 0.5) is 10.5 Å². The summed E-state index contributed by atoms with van der Waals surface area (Å²) in [6.07, 6.45) is -0.615. The van der Waals surface area contributed by atoms with Crippen LogP contribution in [0.3, 0.4) is 0 Å². The fourth-order valence-corrected chi connectivity index (χ4v) is 4.65. The molecule has 0 heterocycles. The first-order valence-electron chi connectivity index (χ1n) is 13.8. The molecule has 0 bridgehead atoms. The van der Waals surface area contributed by atoms with Crippen LogP contribution >= 0.6 is 0 Å². The first kappa shape index (κ1) is 31.2. The number of rotatable bonds is 9. The molecule has 41 heavy (non-hydrogen) atoms. The molecular weight excluding hydrogens is 518 g/mol. The van der Waals surface area contributed by atoms with Crippen molar-refractivity contribution in [1.82, 2.24) is 10.2 Å². The van der Waals surface area contributed by atoms with Crippen molar-refractivity contribution in [3.8, 4) is 5.75 Å². The van der Waals surface area contributed by atoms with Crippen LogP contribution in [-0.2, 0) is 20.7 Å². The second kappa shape index (κ2) is 13.4. The third kappa shape index (κ3) is 8.58. The van der Waals surface area contributed by atoms with Crippen molar-refractivity contribution in [3.63, 3.8) is 0 Å². The zero-order chi connectivity index (χ0) is 30.3. The molecular formula is C33H41N3O5. The van der Waals surface area contributed by atoms with Crippen molar-refractivity contribution in [2.24, 2.45) is 0 Å². The van der Waals surface area contributed by atoms with E-state index in [4.69, 9.17) is 4.74 Å². The Kier molecular flexibility index (Phi) is 10.2. The zero-order valence-corrected chi connectivity index (χ0v) is 24.9. The summed E-state index contributed by atoms with van der Waals surface area (Å²) >= 11 is 0. The summed E-state index contributed by atoms with van der Waals surface area (Å²) in [6.45, 7) is 12.7. The predicted octanol–water partition coefficient (Wildman–Crippen LogP) is 6.06. The smallest absolute Gasteiger partial charge is 0.408 e. The average Bonchev–Trinajstić information content (AvgIpc) is 2.89. The lowest BCUT2D eigenvalue weighted by molar-refractivity contribution is -0.142. The highest BCUT2D eigenvalue weighted by atomic mass is 16.6. The van der Waals surface area contributed by atoms with Gasteiger partial charge < -0.3 is 25.4 Å². The van der Waals surface area contributed by atoms with E-state index in [1.165, 1.54) is 17.0 Å². The highest BCUT2D eigenvalue weighted by Gasteiger charge is 2.38. The highest BCUT2D eigenvalue weighted by Crippen LogP contribution is 2.29. The number of carbonyl (C=O) groups is 3. The van der Waals surface area contributed by atoms with E-state index >= 15 is 0 Å². The van der Waals surface area contributed by atoms with Gasteiger partial charge in [-0.2, -0.15) is 0 Å². The Labute approximate surface area is 242 Å². The maximum absolute atomic E-state index is 14.4. The van der Waals surface area contributed by atoms with Crippen LogP contribution in [0, 0.1) is 13.8 Å². The lowest BCUT2D eigenvalue weighted by Gasteiger charge is -2.37. The number of para-hydroxylation sites is 1. The molecule has 0 aromatic heterocycles. The number of amides is 3. The van der Waals surface area contributed by atoms with Gasteiger partial charge in [0.1, 0.15) is 23.4 Å². The molecule has 0 saturated carbocycles. The lowest BCUT2D eigenvalue weighted by Crippen LogP contribution is -2.55. The zero-order valence-electron chi connectivity index (χ0n) is 24.9. The molecule has 8 nitrogen and oxygen atoms in total. The van der Waals surface area contributed by atoms with Gasteiger partial charge in [-0.3, -0.25) is 9.59 Å². The van der Waals surface area contributed by atoms with Gasteiger partial charge in [0.15, 0.2) is 0 Å². The Morgan fingerprint density at radius 1 is 0.878 bits per heavy atom. The van der Waals surface area contributed by atoms with Crippen LogP contribution in [0.1, 0.15) is 62.9 Å². The molecule has 3 amide bonds. The molecule has 8 heteroatoms. The third-order valence-corrected chi connectivity index (χ3v) is 6.55. The van der Waals surface area contributed by atoms with Gasteiger partial charge in [-0.1, -0.05) is 60.7 Å². The largest absolute Gasteiger partial charge is 0.508 e. The number of nitrogens with one attached hydrogen (secondary N) is 2. The number of hydrogen-bond acceptors (Lipinski definition) is 5. The van der Waals surface area contributed by atoms with Crippen LogP contribution in [0.2, 0.25) is 0 Å². The normalized spacial score (nSPS) is 12.8. The van der Waals surface area contributed by atoms with Crippen LogP contribution in [0.25, 0.3) is 0 Å². The van der Waals surface area contributed by atoms with Crippen molar-refractivity contribution >= 4 is 23.6 Å². The predicted molar refractivity (Wildman–Crippen MR) is 161 cm³/mol. The number of benzene rings is 3. The van der Waals surface area contributed by atoms with Gasteiger partial charge in [0, 0.05) is 18.2 Å². The lowest BCUT2D eigenvalue weighted by atomic mass is 9.98. The molecule has 0 radical (unpaired) electrons. The molecule has 3 aromatic rings. The maximum Gasteiger partial charge on any atom is 0.408 e. The van der Waals surface area contributed by atoms with E-state index in [1.54, 1.807) is 32.9 Å². The monoisotopic (exact) mass is 559 g/mol. The third-order valence-electron chi connectivity index (χ3n) is 6.55. The van der Waals surface area contributed by atoms with Crippen LogP contribution < -0.4 is 10.6 Å². The Morgan fingerprint density at radius 3 is 2.00 bits per heavy atom. The second-order valence-corrected chi connectivity index (χ2v) is 11.5. The molecule has 3 rings (SSSR count). The van der Waals surface area contributed by atoms with E-state index in [0.29, 0.717) is 11.3 Å². The standard InChI is InChI=1S/C33H41N3O5/c1-21(2)36(29(25-14-9-8-10-15-25)30(38)35-28-22(3)12-11-13-23(28)4)31(39)27(34-32(40)41-33(5,6)7)20-24-16-18-26(37)19-17-24/h8-19,21,27,29,37H,20H2,1-7H3,(H,34,40)(H,35,38). The SMILES string of the molecule is Cc1cccc(C)c1NC(=O)C(c1ccccc1)N(C(=O)C(Cc1ccc(O)cc1)NC(=O)OC(C)(C)C)C(C)C. The number of carbonyl (C=O) groups excluding carboxylic acids is 3. The maximum atomic E-state index is 14.4. The van der Waals surface area contributed by atoms with Crippen molar-refractivity contribution in [2.75, 3.05) is 5.32 Å². The van der Waals surface area contributed by atoms with Crippen molar-refractivity contribution in [1.29, 1.82) is 0 Å². The first-order chi connectivity index (χ1) is 19.3. The summed E-state index contributed by atoms with van der Waals surface area (Å²) in [5.41, 5.74) is 3.10. The molecule has 3 aromatic carbocycles. The Hall–Kier alpha value is -4.33. The number of nitrogens with zero attached hydrogens (tertiary/aromatic N) is 1. The van der Waals surface area contributed by atoms with E-state index in [-0.39, 0.29) is 18.1 Å². The Balaban J connectivity index is 2.05. The average molecular weight is 560 g/mol. The fraction of sp³-hybridized carbons (Fsp3) is 0.364. The number of phenolic OH excluding ortho intramolecular Hbond substituents is 1. The number of phenols is 1. The number of alkyl carbamates (subject to hydrolysis) is 1. The van der Waals surface area contributed by atoms with Gasteiger partial charge >= 0.3 is 6.09 Å². The molecule has 0 aliphatic rings. The minimum atomic E-state index is -1.05. The van der Waals surface area contributed by atoms with E-state index < -0.39 is 35.7 Å². The molecule has 2 unspecified atom stereocenters. The van der Waals surface area contributed by atoms with Gasteiger partial charge in [0.25, 0.3) is 5.91 Å². The van der Waals surface area contributed by atoms with Crippen molar-refractivity contribution in [3.05, 3.63) is 95.1 Å². The summed E-state index contributed by atoms with van der Waals surface area (Å²) in [6, 6.07) is 18.9. The molecule has 3 N–H and O–H groups in total. The Bertz CT molecular complexity index is 1330. The molecule has 0 fully saturated rings. The van der Waals surface area contributed by atoms with Crippen LogP contribution in [0.15, 0.2) is 72.8 Å². The fourth-order valence-electron chi connectivity index (χ4n) is 4.65. The molecule has 218 valence electrons. The summed E-state index contributed by atoms with van der Waals surface area (Å²) in [5.74, 6) is -0.714. The van der Waals surface area contributed by atoms with Crippen LogP contribution in [0.5, 0.6) is 5.75 Å². The molecule has 2 atom stereocenters. The van der Waals surface area contributed by atoms with E-state index in [9.17, 15) is 19.5 Å². The summed E-state index contributed by atoms with van der Waals surface area (Å²) in [4.78, 5) is 42.8. The van der Waals surface area contributed by atoms with Gasteiger partial charge in [0.05, 0.1) is 0 Å². The molecule has 0 aliphatic carbocycles. The van der Waals surface area contributed by atoms with Gasteiger partial charge in [-0.05, 0) is 82.9 Å². The number of ether oxygens (including phenoxy) is 1. The van der Waals surface area contributed by atoms with Crippen LogP contribution in [-0.4, -0.2) is 45.6 Å². The minimum absolute atomic E-state index is 0.0906. The van der Waals surface area contributed by atoms with E-state index in [0.717, 1.165) is 16.7 Å². The quantitative estimate of drug-likeness (QED) is 0.295. The number of anilines is 1. The molecule has 0 spiro atoms. The van der Waals surface area contributed by atoms with E-state index in [2.05, 4.69) is 10.6 Å². The number of aryl methyl sites for hydroxylation is 2. The second-order valence-electron chi connectivity index (χ2n) is 11.5. The first-order valence-corrected chi connectivity index (χ1v) is 13.8. The van der Waals surface area contributed by atoms with Crippen molar-refractivity contribution < 1.29 is 24.2 Å².